The maximum absolute atomic E-state index is 5.95. The highest BCUT2D eigenvalue weighted by Gasteiger charge is 2.08. The normalized spacial score (nSPS) is 11.6. The number of nitrogens with one attached hydrogen (secondary N) is 2. The van der Waals surface area contributed by atoms with Crippen LogP contribution in [0.15, 0.2) is 59.7 Å². The highest BCUT2D eigenvalue weighted by molar-refractivity contribution is 5.89. The van der Waals surface area contributed by atoms with Crippen LogP contribution < -0.4 is 15.8 Å². The fourth-order valence-corrected chi connectivity index (χ4v) is 2.92. The van der Waals surface area contributed by atoms with Crippen molar-refractivity contribution in [2.75, 3.05) is 20.2 Å². The molecule has 0 aliphatic carbocycles. The third kappa shape index (κ3) is 4.32. The number of guanidine groups is 1. The van der Waals surface area contributed by atoms with Crippen LogP contribution in [-0.4, -0.2) is 31.1 Å². The molecular formula is C20H24N4O. The van der Waals surface area contributed by atoms with E-state index in [1.165, 1.54) is 11.1 Å². The van der Waals surface area contributed by atoms with E-state index < -0.39 is 0 Å². The molecule has 0 bridgehead atoms. The number of rotatable bonds is 7. The van der Waals surface area contributed by atoms with E-state index in [0.717, 1.165) is 36.0 Å². The molecule has 0 radical (unpaired) electrons. The predicted molar refractivity (Wildman–Crippen MR) is 103 cm³/mol. The van der Waals surface area contributed by atoms with Crippen molar-refractivity contribution in [3.8, 4) is 5.75 Å². The third-order valence-electron chi connectivity index (χ3n) is 4.20. The summed E-state index contributed by atoms with van der Waals surface area (Å²) in [7, 11) is 1.69. The summed E-state index contributed by atoms with van der Waals surface area (Å²) >= 11 is 0. The molecule has 5 nitrogen and oxygen atoms in total. The van der Waals surface area contributed by atoms with E-state index in [1.54, 1.807) is 7.11 Å². The average molecular weight is 336 g/mol. The summed E-state index contributed by atoms with van der Waals surface area (Å²) in [4.78, 5) is 7.70. The molecule has 0 unspecified atom stereocenters. The van der Waals surface area contributed by atoms with Gasteiger partial charge in [0.1, 0.15) is 5.75 Å². The van der Waals surface area contributed by atoms with E-state index in [0.29, 0.717) is 12.5 Å². The number of aromatic amines is 1. The van der Waals surface area contributed by atoms with Crippen molar-refractivity contribution in [1.82, 2.24) is 10.3 Å². The van der Waals surface area contributed by atoms with Gasteiger partial charge in [0.05, 0.1) is 7.11 Å². The molecule has 0 atom stereocenters. The van der Waals surface area contributed by atoms with Gasteiger partial charge >= 0.3 is 0 Å². The van der Waals surface area contributed by atoms with Crippen LogP contribution in [-0.2, 0) is 12.8 Å². The summed E-state index contributed by atoms with van der Waals surface area (Å²) in [5, 5.41) is 4.29. The average Bonchev–Trinajstić information content (AvgIpc) is 3.06. The molecule has 2 aromatic carbocycles. The van der Waals surface area contributed by atoms with E-state index in [1.807, 2.05) is 42.6 Å². The van der Waals surface area contributed by atoms with E-state index in [9.17, 15) is 0 Å². The Labute approximate surface area is 147 Å². The molecule has 25 heavy (non-hydrogen) atoms. The number of benzene rings is 2. The van der Waals surface area contributed by atoms with Crippen LogP contribution in [0.5, 0.6) is 5.75 Å². The first kappa shape index (κ1) is 16.9. The largest absolute Gasteiger partial charge is 0.496 e. The Morgan fingerprint density at radius 3 is 2.76 bits per heavy atom. The molecule has 130 valence electrons. The Morgan fingerprint density at radius 2 is 1.96 bits per heavy atom. The van der Waals surface area contributed by atoms with Crippen LogP contribution in [0.1, 0.15) is 11.1 Å². The summed E-state index contributed by atoms with van der Waals surface area (Å²) in [6.07, 6.45) is 3.75. The van der Waals surface area contributed by atoms with Crippen molar-refractivity contribution in [3.05, 3.63) is 65.9 Å². The van der Waals surface area contributed by atoms with Gasteiger partial charge in [-0.15, -0.1) is 0 Å². The Kier molecular flexibility index (Phi) is 5.57. The number of hydrogen-bond acceptors (Lipinski definition) is 2. The molecule has 0 saturated carbocycles. The second kappa shape index (κ2) is 8.24. The van der Waals surface area contributed by atoms with E-state index in [4.69, 9.17) is 10.5 Å². The monoisotopic (exact) mass is 336 g/mol. The summed E-state index contributed by atoms with van der Waals surface area (Å²) in [5.74, 6) is 1.37. The summed E-state index contributed by atoms with van der Waals surface area (Å²) in [6, 6.07) is 16.3. The molecular weight excluding hydrogens is 312 g/mol. The molecule has 3 aromatic rings. The summed E-state index contributed by atoms with van der Waals surface area (Å²) < 4.78 is 5.46. The van der Waals surface area contributed by atoms with Crippen molar-refractivity contribution < 1.29 is 4.74 Å². The molecule has 0 fully saturated rings. The molecule has 1 aromatic heterocycles. The zero-order chi connectivity index (χ0) is 17.5. The van der Waals surface area contributed by atoms with E-state index >= 15 is 0 Å². The molecule has 0 spiro atoms. The molecule has 0 amide bonds. The third-order valence-corrected chi connectivity index (χ3v) is 4.20. The lowest BCUT2D eigenvalue weighted by molar-refractivity contribution is 0.419. The van der Waals surface area contributed by atoms with Gasteiger partial charge in [-0.3, -0.25) is 4.99 Å². The van der Waals surface area contributed by atoms with Crippen LogP contribution in [0.4, 0.5) is 0 Å². The maximum Gasteiger partial charge on any atom is 0.188 e. The number of methoxy groups -OCH3 is 1. The number of aliphatic imine (C=N–C) groups is 1. The lowest BCUT2D eigenvalue weighted by atomic mass is 10.1. The van der Waals surface area contributed by atoms with Gasteiger partial charge in [0, 0.05) is 30.2 Å². The van der Waals surface area contributed by atoms with Gasteiger partial charge in [-0.1, -0.05) is 36.4 Å². The van der Waals surface area contributed by atoms with Gasteiger partial charge in [-0.2, -0.15) is 0 Å². The number of hydrogen-bond donors (Lipinski definition) is 3. The number of nitrogens with zero attached hydrogens (tertiary/aromatic N) is 1. The number of ether oxygens (including phenoxy) is 1. The van der Waals surface area contributed by atoms with Crippen molar-refractivity contribution in [1.29, 1.82) is 0 Å². The fraction of sp³-hybridized carbons (Fsp3) is 0.250. The topological polar surface area (TPSA) is 75.4 Å². The first-order valence-electron chi connectivity index (χ1n) is 8.48. The highest BCUT2D eigenvalue weighted by atomic mass is 16.5. The number of aromatic nitrogens is 1. The van der Waals surface area contributed by atoms with Crippen molar-refractivity contribution in [2.45, 2.75) is 12.8 Å². The Morgan fingerprint density at radius 1 is 1.12 bits per heavy atom. The molecule has 0 aliphatic heterocycles. The Balaban J connectivity index is 1.52. The lowest BCUT2D eigenvalue weighted by Gasteiger charge is -2.06. The SMILES string of the molecule is COc1cccc2[nH]cc(CCN=C(N)NCCc3ccccc3)c12. The van der Waals surface area contributed by atoms with Crippen molar-refractivity contribution >= 4 is 16.9 Å². The molecule has 1 heterocycles. The van der Waals surface area contributed by atoms with Crippen LogP contribution in [0.2, 0.25) is 0 Å². The fourth-order valence-electron chi connectivity index (χ4n) is 2.92. The van der Waals surface area contributed by atoms with E-state index in [-0.39, 0.29) is 0 Å². The first-order valence-corrected chi connectivity index (χ1v) is 8.48. The lowest BCUT2D eigenvalue weighted by Crippen LogP contribution is -2.33. The van der Waals surface area contributed by atoms with Crippen LogP contribution in [0.3, 0.4) is 0 Å². The molecule has 5 heteroatoms. The van der Waals surface area contributed by atoms with Gasteiger partial charge < -0.3 is 20.8 Å². The van der Waals surface area contributed by atoms with Crippen LogP contribution in [0.25, 0.3) is 10.9 Å². The number of H-pyrrole nitrogens is 1. The smallest absolute Gasteiger partial charge is 0.188 e. The minimum atomic E-state index is 0.489. The molecule has 3 rings (SSSR count). The minimum Gasteiger partial charge on any atom is -0.496 e. The zero-order valence-electron chi connectivity index (χ0n) is 14.5. The van der Waals surface area contributed by atoms with Crippen LogP contribution >= 0.6 is 0 Å². The van der Waals surface area contributed by atoms with Crippen molar-refractivity contribution in [3.63, 3.8) is 0 Å². The maximum atomic E-state index is 5.95. The molecule has 4 N–H and O–H groups in total. The minimum absolute atomic E-state index is 0.489. The standard InChI is InChI=1S/C20H24N4O/c1-25-18-9-5-8-17-19(18)16(14-24-17)11-13-23-20(21)22-12-10-15-6-3-2-4-7-15/h2-9,14,24H,10-13H2,1H3,(H3,21,22,23). The Hall–Kier alpha value is -2.95. The van der Waals surface area contributed by atoms with Crippen molar-refractivity contribution in [2.24, 2.45) is 10.7 Å². The van der Waals surface area contributed by atoms with Gasteiger partial charge in [-0.25, -0.2) is 0 Å². The van der Waals surface area contributed by atoms with Gasteiger partial charge in [-0.05, 0) is 36.1 Å². The summed E-state index contributed by atoms with van der Waals surface area (Å²) in [6.45, 7) is 1.41. The van der Waals surface area contributed by atoms with Crippen LogP contribution in [0, 0.1) is 0 Å². The number of nitrogens with two attached hydrogens (primary N) is 1. The second-order valence-corrected chi connectivity index (χ2v) is 5.88. The van der Waals surface area contributed by atoms with Gasteiger partial charge in [0.15, 0.2) is 5.96 Å². The summed E-state index contributed by atoms with van der Waals surface area (Å²) in [5.41, 5.74) is 9.50. The molecule has 0 aliphatic rings. The number of fused-ring (bicyclic) bond motifs is 1. The Bertz CT molecular complexity index is 839. The van der Waals surface area contributed by atoms with E-state index in [2.05, 4.69) is 27.4 Å². The molecule has 0 saturated heterocycles. The van der Waals surface area contributed by atoms with Gasteiger partial charge in [0.25, 0.3) is 0 Å². The predicted octanol–water partition coefficient (Wildman–Crippen LogP) is 2.87. The van der Waals surface area contributed by atoms with Gasteiger partial charge in [0.2, 0.25) is 0 Å². The highest BCUT2D eigenvalue weighted by Crippen LogP contribution is 2.28. The second-order valence-electron chi connectivity index (χ2n) is 5.88. The quantitative estimate of drug-likeness (QED) is 0.459. The zero-order valence-corrected chi connectivity index (χ0v) is 14.5. The first-order chi connectivity index (χ1) is 12.3.